The summed E-state index contributed by atoms with van der Waals surface area (Å²) in [6, 6.07) is 0. The van der Waals surface area contributed by atoms with Gasteiger partial charge in [0.1, 0.15) is 0 Å². The highest BCUT2D eigenvalue weighted by molar-refractivity contribution is 5.78. The minimum atomic E-state index is -0.739. The molecule has 1 amide bonds. The highest BCUT2D eigenvalue weighted by atomic mass is 16.4. The van der Waals surface area contributed by atoms with Crippen molar-refractivity contribution in [1.29, 1.82) is 0 Å². The molecule has 1 aliphatic rings. The summed E-state index contributed by atoms with van der Waals surface area (Å²) in [7, 11) is 0. The number of carbonyl (C=O) groups is 2. The zero-order valence-electron chi connectivity index (χ0n) is 12.3. The standard InChI is InChI=1S/C15H27NO3/c1-10(2)12(6-7-14(17)18)8-9-16-15(19)11(3)13-4-5-13/h10-13H,4-9H2,1-3H3,(H,16,19)(H,17,18). The topological polar surface area (TPSA) is 66.4 Å². The fourth-order valence-corrected chi connectivity index (χ4v) is 2.47. The van der Waals surface area contributed by atoms with E-state index >= 15 is 0 Å². The Kier molecular flexibility index (Phi) is 6.32. The van der Waals surface area contributed by atoms with Crippen LogP contribution in [-0.2, 0) is 9.59 Å². The smallest absolute Gasteiger partial charge is 0.303 e. The third-order valence-electron chi connectivity index (χ3n) is 4.23. The Labute approximate surface area is 116 Å². The lowest BCUT2D eigenvalue weighted by Crippen LogP contribution is -2.32. The maximum absolute atomic E-state index is 11.8. The molecule has 1 saturated carbocycles. The van der Waals surface area contributed by atoms with Gasteiger partial charge in [-0.05, 0) is 43.4 Å². The Hall–Kier alpha value is -1.06. The van der Waals surface area contributed by atoms with E-state index in [0.29, 0.717) is 30.7 Å². The fourth-order valence-electron chi connectivity index (χ4n) is 2.47. The van der Waals surface area contributed by atoms with Gasteiger partial charge < -0.3 is 10.4 Å². The second kappa shape index (κ2) is 7.51. The minimum absolute atomic E-state index is 0.136. The Morgan fingerprint density at radius 1 is 1.21 bits per heavy atom. The van der Waals surface area contributed by atoms with Gasteiger partial charge in [0, 0.05) is 18.9 Å². The first kappa shape index (κ1) is 16.0. The van der Waals surface area contributed by atoms with Crippen LogP contribution in [0.1, 0.15) is 52.9 Å². The average Bonchev–Trinajstić information content (AvgIpc) is 3.15. The van der Waals surface area contributed by atoms with Crippen LogP contribution < -0.4 is 5.32 Å². The number of rotatable bonds is 9. The van der Waals surface area contributed by atoms with E-state index in [1.807, 2.05) is 6.92 Å². The van der Waals surface area contributed by atoms with E-state index in [0.717, 1.165) is 6.42 Å². The zero-order valence-corrected chi connectivity index (χ0v) is 12.3. The van der Waals surface area contributed by atoms with Gasteiger partial charge in [0.2, 0.25) is 5.91 Å². The van der Waals surface area contributed by atoms with Crippen LogP contribution in [0.4, 0.5) is 0 Å². The first-order valence-electron chi connectivity index (χ1n) is 7.41. The zero-order chi connectivity index (χ0) is 14.4. The number of carbonyl (C=O) groups excluding carboxylic acids is 1. The first-order chi connectivity index (χ1) is 8.91. The van der Waals surface area contributed by atoms with Gasteiger partial charge in [-0.3, -0.25) is 9.59 Å². The van der Waals surface area contributed by atoms with E-state index < -0.39 is 5.97 Å². The number of nitrogens with one attached hydrogen (secondary N) is 1. The second-order valence-electron chi connectivity index (χ2n) is 6.14. The highest BCUT2D eigenvalue weighted by Crippen LogP contribution is 2.36. The summed E-state index contributed by atoms with van der Waals surface area (Å²) in [5, 5.41) is 11.7. The molecule has 0 spiro atoms. The molecular weight excluding hydrogens is 242 g/mol. The van der Waals surface area contributed by atoms with Crippen molar-refractivity contribution in [3.8, 4) is 0 Å². The largest absolute Gasteiger partial charge is 0.481 e. The lowest BCUT2D eigenvalue weighted by Gasteiger charge is -2.20. The van der Waals surface area contributed by atoms with Crippen molar-refractivity contribution < 1.29 is 14.7 Å². The third kappa shape index (κ3) is 6.08. The summed E-state index contributed by atoms with van der Waals surface area (Å²) in [6.45, 7) is 6.89. The Bertz CT molecular complexity index is 311. The number of carboxylic acids is 1. The van der Waals surface area contributed by atoms with Crippen molar-refractivity contribution >= 4 is 11.9 Å². The Balaban J connectivity index is 2.23. The van der Waals surface area contributed by atoms with Gasteiger partial charge in [0.25, 0.3) is 0 Å². The number of hydrogen-bond acceptors (Lipinski definition) is 2. The predicted molar refractivity (Wildman–Crippen MR) is 74.7 cm³/mol. The molecule has 2 unspecified atom stereocenters. The summed E-state index contributed by atoms with van der Waals surface area (Å²) in [6.07, 6.45) is 4.15. The van der Waals surface area contributed by atoms with Crippen LogP contribution in [0.5, 0.6) is 0 Å². The molecule has 19 heavy (non-hydrogen) atoms. The van der Waals surface area contributed by atoms with Crippen molar-refractivity contribution in [2.75, 3.05) is 6.54 Å². The molecular formula is C15H27NO3. The van der Waals surface area contributed by atoms with Crippen LogP contribution in [0, 0.1) is 23.7 Å². The lowest BCUT2D eigenvalue weighted by molar-refractivity contribution is -0.137. The molecule has 1 fully saturated rings. The normalized spacial score (nSPS) is 18.1. The van der Waals surface area contributed by atoms with Gasteiger partial charge in [-0.15, -0.1) is 0 Å². The number of carboxylic acid groups (broad SMARTS) is 1. The lowest BCUT2D eigenvalue weighted by atomic mass is 9.88. The van der Waals surface area contributed by atoms with E-state index in [1.165, 1.54) is 12.8 Å². The molecule has 1 rings (SSSR count). The summed E-state index contributed by atoms with van der Waals surface area (Å²) in [5.41, 5.74) is 0. The van der Waals surface area contributed by atoms with Crippen molar-refractivity contribution in [2.45, 2.75) is 52.9 Å². The van der Waals surface area contributed by atoms with Gasteiger partial charge in [0.05, 0.1) is 0 Å². The molecule has 0 saturated heterocycles. The SMILES string of the molecule is CC(C)C(CCNC(=O)C(C)C1CC1)CCC(=O)O. The highest BCUT2D eigenvalue weighted by Gasteiger charge is 2.32. The van der Waals surface area contributed by atoms with E-state index in [2.05, 4.69) is 19.2 Å². The van der Waals surface area contributed by atoms with Crippen molar-refractivity contribution in [3.63, 3.8) is 0 Å². The number of hydrogen-bond donors (Lipinski definition) is 2. The predicted octanol–water partition coefficient (Wildman–Crippen LogP) is 2.68. The van der Waals surface area contributed by atoms with Crippen LogP contribution in [0.25, 0.3) is 0 Å². The van der Waals surface area contributed by atoms with Crippen molar-refractivity contribution in [1.82, 2.24) is 5.32 Å². The van der Waals surface area contributed by atoms with E-state index in [4.69, 9.17) is 5.11 Å². The summed E-state index contributed by atoms with van der Waals surface area (Å²) in [4.78, 5) is 22.4. The van der Waals surface area contributed by atoms with Crippen LogP contribution in [0.15, 0.2) is 0 Å². The molecule has 1 aliphatic carbocycles. The van der Waals surface area contributed by atoms with Crippen LogP contribution >= 0.6 is 0 Å². The summed E-state index contributed by atoms with van der Waals surface area (Å²) >= 11 is 0. The monoisotopic (exact) mass is 269 g/mol. The summed E-state index contributed by atoms with van der Waals surface area (Å²) in [5.74, 6) is 0.967. The van der Waals surface area contributed by atoms with E-state index in [1.54, 1.807) is 0 Å². The molecule has 0 aromatic heterocycles. The maximum atomic E-state index is 11.8. The molecule has 110 valence electrons. The van der Waals surface area contributed by atoms with Gasteiger partial charge in [-0.1, -0.05) is 20.8 Å². The van der Waals surface area contributed by atoms with Crippen LogP contribution in [-0.4, -0.2) is 23.5 Å². The molecule has 0 heterocycles. The molecule has 4 heteroatoms. The van der Waals surface area contributed by atoms with Crippen LogP contribution in [0.2, 0.25) is 0 Å². The average molecular weight is 269 g/mol. The minimum Gasteiger partial charge on any atom is -0.481 e. The quantitative estimate of drug-likeness (QED) is 0.676. The Morgan fingerprint density at radius 3 is 2.32 bits per heavy atom. The first-order valence-corrected chi connectivity index (χ1v) is 7.41. The van der Waals surface area contributed by atoms with Gasteiger partial charge >= 0.3 is 5.97 Å². The molecule has 2 N–H and O–H groups in total. The molecule has 0 aromatic rings. The molecule has 0 bridgehead atoms. The fraction of sp³-hybridized carbons (Fsp3) is 0.867. The Morgan fingerprint density at radius 2 is 1.84 bits per heavy atom. The van der Waals surface area contributed by atoms with Gasteiger partial charge in [0.15, 0.2) is 0 Å². The van der Waals surface area contributed by atoms with Gasteiger partial charge in [-0.25, -0.2) is 0 Å². The molecule has 0 radical (unpaired) electrons. The molecule has 4 nitrogen and oxygen atoms in total. The molecule has 0 aliphatic heterocycles. The van der Waals surface area contributed by atoms with E-state index in [-0.39, 0.29) is 18.2 Å². The second-order valence-corrected chi connectivity index (χ2v) is 6.14. The van der Waals surface area contributed by atoms with Crippen LogP contribution in [0.3, 0.4) is 0 Å². The van der Waals surface area contributed by atoms with Gasteiger partial charge in [-0.2, -0.15) is 0 Å². The molecule has 0 aromatic carbocycles. The number of aliphatic carboxylic acids is 1. The van der Waals surface area contributed by atoms with Crippen molar-refractivity contribution in [3.05, 3.63) is 0 Å². The summed E-state index contributed by atoms with van der Waals surface area (Å²) < 4.78 is 0. The molecule has 2 atom stereocenters. The maximum Gasteiger partial charge on any atom is 0.303 e. The number of amides is 1. The third-order valence-corrected chi connectivity index (χ3v) is 4.23. The van der Waals surface area contributed by atoms with Crippen molar-refractivity contribution in [2.24, 2.45) is 23.7 Å². The van der Waals surface area contributed by atoms with E-state index in [9.17, 15) is 9.59 Å².